The number of benzene rings is 1. The maximum atomic E-state index is 12.5. The molecule has 0 radical (unpaired) electrons. The summed E-state index contributed by atoms with van der Waals surface area (Å²) in [5, 5.41) is 9.95. The predicted octanol–water partition coefficient (Wildman–Crippen LogP) is 2.52. The Morgan fingerprint density at radius 1 is 1.19 bits per heavy atom. The maximum Gasteiger partial charge on any atom is 0.251 e. The Morgan fingerprint density at radius 2 is 2.03 bits per heavy atom. The molecule has 2 aliphatic heterocycles. The predicted molar refractivity (Wildman–Crippen MR) is 125 cm³/mol. The Hall–Kier alpha value is -2.12. The number of aliphatic imine (C=N–C) groups is 1. The number of nitrogens with zero attached hydrogens (tertiary/aromatic N) is 2. The van der Waals surface area contributed by atoms with Gasteiger partial charge in [-0.25, -0.2) is 4.99 Å². The third-order valence-corrected chi connectivity index (χ3v) is 5.94. The third kappa shape index (κ3) is 7.82. The van der Waals surface area contributed by atoms with Crippen molar-refractivity contribution < 1.29 is 9.53 Å². The molecule has 1 atom stereocenters. The highest BCUT2D eigenvalue weighted by Crippen LogP contribution is 2.12. The molecule has 2 fully saturated rings. The summed E-state index contributed by atoms with van der Waals surface area (Å²) in [6.45, 7) is 10.5. The van der Waals surface area contributed by atoms with Gasteiger partial charge in [-0.3, -0.25) is 4.79 Å². The minimum atomic E-state index is -0.0507. The van der Waals surface area contributed by atoms with Crippen molar-refractivity contribution in [2.24, 2.45) is 4.99 Å². The molecule has 7 nitrogen and oxygen atoms in total. The fourth-order valence-electron chi connectivity index (χ4n) is 4.23. The van der Waals surface area contributed by atoms with E-state index in [1.807, 2.05) is 24.3 Å². The average Bonchev–Trinajstić information content (AvgIpc) is 3.31. The molecule has 0 saturated carbocycles. The maximum absolute atomic E-state index is 12.5. The summed E-state index contributed by atoms with van der Waals surface area (Å²) >= 11 is 0. The van der Waals surface area contributed by atoms with Crippen molar-refractivity contribution >= 4 is 11.9 Å². The van der Waals surface area contributed by atoms with Gasteiger partial charge in [0.25, 0.3) is 5.91 Å². The van der Waals surface area contributed by atoms with Gasteiger partial charge in [0.15, 0.2) is 5.96 Å². The van der Waals surface area contributed by atoms with Gasteiger partial charge in [0.05, 0.1) is 12.6 Å². The molecule has 3 N–H and O–H groups in total. The standard InChI is InChI=1S/C24H39N5O2/c1-3-12-29-13-10-21(11-14-29)28-24(25-4-2)27-17-19-7-5-8-20(16-19)23(30)26-18-22-9-6-15-31-22/h5,7-8,16,21-22H,3-4,6,9-15,17-18H2,1-2H3,(H,26,30)(H2,25,27,28). The van der Waals surface area contributed by atoms with Crippen LogP contribution in [0.1, 0.15) is 61.9 Å². The first-order valence-corrected chi connectivity index (χ1v) is 11.9. The van der Waals surface area contributed by atoms with E-state index in [-0.39, 0.29) is 12.0 Å². The lowest BCUT2D eigenvalue weighted by Gasteiger charge is -2.32. The number of guanidine groups is 1. The van der Waals surface area contributed by atoms with Gasteiger partial charge in [0.2, 0.25) is 0 Å². The molecule has 172 valence electrons. The lowest BCUT2D eigenvalue weighted by molar-refractivity contribution is 0.0857. The van der Waals surface area contributed by atoms with Gasteiger partial charge in [0, 0.05) is 44.4 Å². The number of carbonyl (C=O) groups is 1. The second kappa shape index (κ2) is 12.7. The van der Waals surface area contributed by atoms with E-state index in [0.29, 0.717) is 24.7 Å². The molecular weight excluding hydrogens is 390 g/mol. The highest BCUT2D eigenvalue weighted by atomic mass is 16.5. The van der Waals surface area contributed by atoms with Crippen molar-refractivity contribution in [3.63, 3.8) is 0 Å². The molecular formula is C24H39N5O2. The topological polar surface area (TPSA) is 78.0 Å². The van der Waals surface area contributed by atoms with Crippen molar-refractivity contribution in [2.45, 2.75) is 64.6 Å². The second-order valence-electron chi connectivity index (χ2n) is 8.50. The first-order chi connectivity index (χ1) is 15.2. The number of nitrogens with one attached hydrogen (secondary N) is 3. The molecule has 1 unspecified atom stereocenters. The first kappa shape index (κ1) is 23.5. The fraction of sp³-hybridized carbons (Fsp3) is 0.667. The van der Waals surface area contributed by atoms with Crippen LogP contribution in [0.5, 0.6) is 0 Å². The van der Waals surface area contributed by atoms with Gasteiger partial charge in [0.1, 0.15) is 0 Å². The molecule has 31 heavy (non-hydrogen) atoms. The highest BCUT2D eigenvalue weighted by molar-refractivity contribution is 5.94. The van der Waals surface area contributed by atoms with Crippen molar-refractivity contribution in [3.8, 4) is 0 Å². The van der Waals surface area contributed by atoms with Crippen LogP contribution in [0, 0.1) is 0 Å². The zero-order valence-corrected chi connectivity index (χ0v) is 19.2. The molecule has 1 aromatic carbocycles. The minimum Gasteiger partial charge on any atom is -0.376 e. The smallest absolute Gasteiger partial charge is 0.251 e. The van der Waals surface area contributed by atoms with E-state index in [9.17, 15) is 4.79 Å². The van der Waals surface area contributed by atoms with Crippen LogP contribution in [0.3, 0.4) is 0 Å². The Labute approximate surface area is 187 Å². The lowest BCUT2D eigenvalue weighted by atomic mass is 10.1. The zero-order chi connectivity index (χ0) is 21.9. The Kier molecular flexibility index (Phi) is 9.62. The largest absolute Gasteiger partial charge is 0.376 e. The molecule has 3 rings (SSSR count). The van der Waals surface area contributed by atoms with Gasteiger partial charge in [-0.15, -0.1) is 0 Å². The minimum absolute atomic E-state index is 0.0507. The second-order valence-corrected chi connectivity index (χ2v) is 8.50. The Bertz CT molecular complexity index is 710. The molecule has 1 amide bonds. The molecule has 0 spiro atoms. The molecule has 2 saturated heterocycles. The number of rotatable bonds is 9. The molecule has 0 aromatic heterocycles. The molecule has 2 heterocycles. The average molecular weight is 430 g/mol. The van der Waals surface area contributed by atoms with Crippen LogP contribution in [0.15, 0.2) is 29.3 Å². The molecule has 0 bridgehead atoms. The van der Waals surface area contributed by atoms with Gasteiger partial charge in [-0.05, 0) is 63.3 Å². The van der Waals surface area contributed by atoms with Crippen LogP contribution >= 0.6 is 0 Å². The monoisotopic (exact) mass is 429 g/mol. The van der Waals surface area contributed by atoms with E-state index >= 15 is 0 Å². The Morgan fingerprint density at radius 3 is 2.74 bits per heavy atom. The molecule has 2 aliphatic rings. The van der Waals surface area contributed by atoms with Gasteiger partial charge >= 0.3 is 0 Å². The normalized spacial score (nSPS) is 20.6. The van der Waals surface area contributed by atoms with Gasteiger partial charge in [-0.2, -0.15) is 0 Å². The summed E-state index contributed by atoms with van der Waals surface area (Å²) in [5.41, 5.74) is 1.70. The quantitative estimate of drug-likeness (QED) is 0.415. The van der Waals surface area contributed by atoms with Crippen LogP contribution in [0.2, 0.25) is 0 Å². The zero-order valence-electron chi connectivity index (χ0n) is 19.2. The van der Waals surface area contributed by atoms with Crippen molar-refractivity contribution in [1.82, 2.24) is 20.9 Å². The van der Waals surface area contributed by atoms with E-state index in [2.05, 4.69) is 34.7 Å². The number of carbonyl (C=O) groups excluding carboxylic acids is 1. The van der Waals surface area contributed by atoms with E-state index in [4.69, 9.17) is 9.73 Å². The Balaban J connectivity index is 1.51. The van der Waals surface area contributed by atoms with Gasteiger partial charge < -0.3 is 25.6 Å². The lowest BCUT2D eigenvalue weighted by Crippen LogP contribution is -2.48. The van der Waals surface area contributed by atoms with E-state index < -0.39 is 0 Å². The first-order valence-electron chi connectivity index (χ1n) is 11.9. The number of hydrogen-bond donors (Lipinski definition) is 3. The van der Waals surface area contributed by atoms with Crippen LogP contribution in [-0.2, 0) is 11.3 Å². The number of piperidine rings is 1. The summed E-state index contributed by atoms with van der Waals surface area (Å²) in [7, 11) is 0. The summed E-state index contributed by atoms with van der Waals surface area (Å²) < 4.78 is 5.58. The van der Waals surface area contributed by atoms with Crippen molar-refractivity contribution in [3.05, 3.63) is 35.4 Å². The van der Waals surface area contributed by atoms with Crippen LogP contribution < -0.4 is 16.0 Å². The van der Waals surface area contributed by atoms with Crippen molar-refractivity contribution in [1.29, 1.82) is 0 Å². The summed E-state index contributed by atoms with van der Waals surface area (Å²) in [5.74, 6) is 0.801. The number of likely N-dealkylation sites (tertiary alicyclic amines) is 1. The van der Waals surface area contributed by atoms with Gasteiger partial charge in [-0.1, -0.05) is 19.1 Å². The molecule has 0 aliphatic carbocycles. The molecule has 7 heteroatoms. The fourth-order valence-corrected chi connectivity index (χ4v) is 4.23. The van der Waals surface area contributed by atoms with E-state index in [1.54, 1.807) is 0 Å². The number of hydrogen-bond acceptors (Lipinski definition) is 4. The number of ether oxygens (including phenoxy) is 1. The highest BCUT2D eigenvalue weighted by Gasteiger charge is 2.19. The summed E-state index contributed by atoms with van der Waals surface area (Å²) in [6, 6.07) is 8.19. The van der Waals surface area contributed by atoms with E-state index in [0.717, 1.165) is 63.4 Å². The SMILES string of the molecule is CCCN1CCC(NC(=NCc2cccc(C(=O)NCC3CCCO3)c2)NCC)CC1. The summed E-state index contributed by atoms with van der Waals surface area (Å²) in [4.78, 5) is 19.8. The number of amides is 1. The van der Waals surface area contributed by atoms with Crippen LogP contribution in [0.4, 0.5) is 0 Å². The molecule has 1 aromatic rings. The van der Waals surface area contributed by atoms with Crippen LogP contribution in [-0.4, -0.2) is 68.2 Å². The van der Waals surface area contributed by atoms with Crippen LogP contribution in [0.25, 0.3) is 0 Å². The third-order valence-electron chi connectivity index (χ3n) is 5.94. The van der Waals surface area contributed by atoms with E-state index in [1.165, 1.54) is 13.0 Å². The summed E-state index contributed by atoms with van der Waals surface area (Å²) in [6.07, 6.45) is 5.75. The van der Waals surface area contributed by atoms with Crippen molar-refractivity contribution in [2.75, 3.05) is 39.3 Å².